The van der Waals surface area contributed by atoms with Crippen molar-refractivity contribution in [3.05, 3.63) is 41.1 Å². The van der Waals surface area contributed by atoms with Crippen molar-refractivity contribution in [3.63, 3.8) is 0 Å². The first-order valence-electron chi connectivity index (χ1n) is 7.04. The number of aromatic nitrogens is 1. The largest absolute Gasteiger partial charge is 0.349 e. The lowest BCUT2D eigenvalue weighted by molar-refractivity contribution is 0.0952. The van der Waals surface area contributed by atoms with Gasteiger partial charge in [0.25, 0.3) is 5.91 Å². The second kappa shape index (κ2) is 4.05. The van der Waals surface area contributed by atoms with Crippen LogP contribution in [0.1, 0.15) is 40.9 Å². The zero-order valence-electron chi connectivity index (χ0n) is 10.8. The van der Waals surface area contributed by atoms with E-state index in [1.807, 2.05) is 24.3 Å². The van der Waals surface area contributed by atoms with Crippen molar-refractivity contribution in [2.75, 3.05) is 0 Å². The number of amides is 1. The fourth-order valence-electron chi connectivity index (χ4n) is 2.96. The minimum Gasteiger partial charge on any atom is -0.349 e. The molecule has 19 heavy (non-hydrogen) atoms. The molecule has 0 bridgehead atoms. The normalized spacial score (nSPS) is 17.5. The van der Waals surface area contributed by atoms with Crippen LogP contribution in [-0.4, -0.2) is 16.9 Å². The number of benzene rings is 1. The molecule has 1 N–H and O–H groups in total. The van der Waals surface area contributed by atoms with Crippen molar-refractivity contribution in [2.24, 2.45) is 0 Å². The Bertz CT molecular complexity index is 674. The number of nitrogens with one attached hydrogen (secondary N) is 1. The van der Waals surface area contributed by atoms with Gasteiger partial charge < -0.3 is 5.32 Å². The third kappa shape index (κ3) is 1.81. The Balaban J connectivity index is 1.92. The van der Waals surface area contributed by atoms with E-state index < -0.39 is 0 Å². The van der Waals surface area contributed by atoms with Crippen molar-refractivity contribution in [1.29, 1.82) is 0 Å². The van der Waals surface area contributed by atoms with Crippen molar-refractivity contribution in [3.8, 4) is 0 Å². The van der Waals surface area contributed by atoms with Crippen LogP contribution in [0.3, 0.4) is 0 Å². The number of para-hydroxylation sites is 1. The van der Waals surface area contributed by atoms with Gasteiger partial charge in [-0.1, -0.05) is 18.2 Å². The maximum absolute atomic E-state index is 12.5. The molecule has 2 aliphatic carbocycles. The first-order valence-corrected chi connectivity index (χ1v) is 7.04. The number of aryl methyl sites for hydroxylation is 1. The fraction of sp³-hybridized carbons (Fsp3) is 0.375. The van der Waals surface area contributed by atoms with Gasteiger partial charge in [-0.25, -0.2) is 0 Å². The van der Waals surface area contributed by atoms with E-state index in [4.69, 9.17) is 4.98 Å². The van der Waals surface area contributed by atoms with Gasteiger partial charge in [0.2, 0.25) is 0 Å². The Labute approximate surface area is 112 Å². The molecule has 0 radical (unpaired) electrons. The monoisotopic (exact) mass is 252 g/mol. The molecule has 0 saturated heterocycles. The van der Waals surface area contributed by atoms with Crippen LogP contribution in [0.2, 0.25) is 0 Å². The molecule has 0 aliphatic heterocycles. The second-order valence-corrected chi connectivity index (χ2v) is 5.53. The number of fused-ring (bicyclic) bond motifs is 2. The van der Waals surface area contributed by atoms with Gasteiger partial charge in [0.1, 0.15) is 0 Å². The Kier molecular flexibility index (Phi) is 2.34. The maximum Gasteiger partial charge on any atom is 0.252 e. The smallest absolute Gasteiger partial charge is 0.252 e. The van der Waals surface area contributed by atoms with Gasteiger partial charge in [-0.2, -0.15) is 0 Å². The Hall–Kier alpha value is -1.90. The summed E-state index contributed by atoms with van der Waals surface area (Å²) in [5.41, 5.74) is 4.13. The summed E-state index contributed by atoms with van der Waals surface area (Å²) in [7, 11) is 0. The van der Waals surface area contributed by atoms with Crippen LogP contribution in [0, 0.1) is 0 Å². The van der Waals surface area contributed by atoms with E-state index in [1.54, 1.807) is 0 Å². The fourth-order valence-corrected chi connectivity index (χ4v) is 2.96. The first-order chi connectivity index (χ1) is 9.33. The minimum absolute atomic E-state index is 0.0965. The highest BCUT2D eigenvalue weighted by Gasteiger charge is 2.28. The molecular weight excluding hydrogens is 236 g/mol. The topological polar surface area (TPSA) is 42.0 Å². The molecule has 1 amide bonds. The summed E-state index contributed by atoms with van der Waals surface area (Å²) >= 11 is 0. The van der Waals surface area contributed by atoms with Crippen LogP contribution >= 0.6 is 0 Å². The van der Waals surface area contributed by atoms with Crippen molar-refractivity contribution in [2.45, 2.75) is 38.1 Å². The molecule has 1 aromatic heterocycles. The number of pyridine rings is 1. The number of rotatable bonds is 2. The number of hydrogen-bond acceptors (Lipinski definition) is 2. The minimum atomic E-state index is 0.0965. The highest BCUT2D eigenvalue weighted by molar-refractivity contribution is 6.08. The van der Waals surface area contributed by atoms with Gasteiger partial charge in [-0.15, -0.1) is 0 Å². The number of carbonyl (C=O) groups excluding carboxylic acids is 1. The average molecular weight is 252 g/mol. The molecule has 0 atom stereocenters. The molecule has 96 valence electrons. The number of hydrogen-bond donors (Lipinski definition) is 1. The Morgan fingerprint density at radius 2 is 2.05 bits per heavy atom. The lowest BCUT2D eigenvalue weighted by Gasteiger charge is -2.12. The summed E-state index contributed by atoms with van der Waals surface area (Å²) in [6, 6.07) is 8.39. The molecule has 2 aromatic rings. The number of carbonyl (C=O) groups is 1. The third-order valence-electron chi connectivity index (χ3n) is 4.06. The van der Waals surface area contributed by atoms with Crippen LogP contribution in [0.5, 0.6) is 0 Å². The summed E-state index contributed by atoms with van der Waals surface area (Å²) < 4.78 is 0. The summed E-state index contributed by atoms with van der Waals surface area (Å²) in [6.07, 6.45) is 5.35. The van der Waals surface area contributed by atoms with Gasteiger partial charge in [-0.3, -0.25) is 9.78 Å². The van der Waals surface area contributed by atoms with Gasteiger partial charge in [0.15, 0.2) is 0 Å². The third-order valence-corrected chi connectivity index (χ3v) is 4.06. The summed E-state index contributed by atoms with van der Waals surface area (Å²) in [5, 5.41) is 4.13. The molecular formula is C16H16N2O. The predicted octanol–water partition coefficient (Wildman–Crippen LogP) is 2.62. The van der Waals surface area contributed by atoms with Gasteiger partial charge >= 0.3 is 0 Å². The zero-order chi connectivity index (χ0) is 12.8. The highest BCUT2D eigenvalue weighted by atomic mass is 16.1. The molecule has 2 aliphatic rings. The number of nitrogens with zero attached hydrogens (tertiary/aromatic N) is 1. The Morgan fingerprint density at radius 1 is 1.21 bits per heavy atom. The maximum atomic E-state index is 12.5. The Morgan fingerprint density at radius 3 is 2.89 bits per heavy atom. The molecule has 3 heteroatoms. The molecule has 1 aromatic carbocycles. The summed E-state index contributed by atoms with van der Waals surface area (Å²) in [5.74, 6) is 0.0965. The van der Waals surface area contributed by atoms with E-state index in [9.17, 15) is 4.79 Å². The first kappa shape index (κ1) is 11.0. The predicted molar refractivity (Wildman–Crippen MR) is 74.3 cm³/mol. The summed E-state index contributed by atoms with van der Waals surface area (Å²) in [4.78, 5) is 17.2. The van der Waals surface area contributed by atoms with E-state index >= 15 is 0 Å². The standard InChI is InChI=1S/C16H16N2O/c19-16(17-10-8-9-10)15-11-4-1-2-6-13(11)18-14-7-3-5-12(14)15/h1-2,4,6,10H,3,5,7-9H2,(H,17,19). The van der Waals surface area contributed by atoms with E-state index in [0.717, 1.165) is 54.3 Å². The molecule has 4 rings (SSSR count). The van der Waals surface area contributed by atoms with Crippen LogP contribution in [-0.2, 0) is 12.8 Å². The second-order valence-electron chi connectivity index (χ2n) is 5.53. The lowest BCUT2D eigenvalue weighted by atomic mass is 10.0. The molecule has 1 saturated carbocycles. The van der Waals surface area contributed by atoms with Crippen molar-refractivity contribution >= 4 is 16.8 Å². The highest BCUT2D eigenvalue weighted by Crippen LogP contribution is 2.30. The lowest BCUT2D eigenvalue weighted by Crippen LogP contribution is -2.27. The SMILES string of the molecule is O=C(NC1CC1)c1c2c(nc3ccccc13)CCC2. The average Bonchev–Trinajstić information content (AvgIpc) is 3.11. The van der Waals surface area contributed by atoms with Gasteiger partial charge in [0.05, 0.1) is 11.1 Å². The van der Waals surface area contributed by atoms with Crippen molar-refractivity contribution in [1.82, 2.24) is 10.3 Å². The zero-order valence-corrected chi connectivity index (χ0v) is 10.8. The van der Waals surface area contributed by atoms with E-state index in [1.165, 1.54) is 5.56 Å². The van der Waals surface area contributed by atoms with Gasteiger partial charge in [0, 0.05) is 17.1 Å². The van der Waals surface area contributed by atoms with E-state index in [-0.39, 0.29) is 5.91 Å². The van der Waals surface area contributed by atoms with Crippen molar-refractivity contribution < 1.29 is 4.79 Å². The van der Waals surface area contributed by atoms with Gasteiger partial charge in [-0.05, 0) is 43.7 Å². The van der Waals surface area contributed by atoms with E-state index in [0.29, 0.717) is 6.04 Å². The van der Waals surface area contributed by atoms with Crippen LogP contribution in [0.15, 0.2) is 24.3 Å². The van der Waals surface area contributed by atoms with Crippen LogP contribution < -0.4 is 5.32 Å². The molecule has 3 nitrogen and oxygen atoms in total. The molecule has 1 heterocycles. The molecule has 1 fully saturated rings. The van der Waals surface area contributed by atoms with E-state index in [2.05, 4.69) is 5.32 Å². The van der Waals surface area contributed by atoms with Crippen LogP contribution in [0.25, 0.3) is 10.9 Å². The van der Waals surface area contributed by atoms with Crippen LogP contribution in [0.4, 0.5) is 0 Å². The molecule has 0 unspecified atom stereocenters. The molecule has 0 spiro atoms. The quantitative estimate of drug-likeness (QED) is 0.892. The summed E-state index contributed by atoms with van der Waals surface area (Å²) in [6.45, 7) is 0.